The van der Waals surface area contributed by atoms with E-state index in [-0.39, 0.29) is 11.6 Å². The first-order chi connectivity index (χ1) is 16.7. The van der Waals surface area contributed by atoms with Crippen LogP contribution in [0.2, 0.25) is 0 Å². The van der Waals surface area contributed by atoms with Crippen LogP contribution in [-0.2, 0) is 4.79 Å². The van der Waals surface area contributed by atoms with Crippen molar-refractivity contribution < 1.29 is 23.8 Å². The third-order valence-corrected chi connectivity index (χ3v) is 4.98. The standard InChI is InChI=1S/C27H20N2O5/c30-23-17-18(15-16-21(23)26-29-22-13-7-8-14-24(22)34-26)28-25(31)27(32-19-9-3-1-4-10-19)33-20-11-5-2-6-12-20/h1-17,27,30H,(H,28,31). The average Bonchev–Trinajstić information content (AvgIpc) is 3.29. The Morgan fingerprint density at radius 2 is 1.44 bits per heavy atom. The minimum atomic E-state index is -1.26. The number of phenolic OH excluding ortho intramolecular Hbond substituents is 1. The average molecular weight is 452 g/mol. The summed E-state index contributed by atoms with van der Waals surface area (Å²) in [6.45, 7) is 0. The number of benzene rings is 4. The van der Waals surface area contributed by atoms with Crippen molar-refractivity contribution in [1.29, 1.82) is 0 Å². The molecule has 5 aromatic rings. The number of nitrogens with zero attached hydrogens (tertiary/aromatic N) is 1. The lowest BCUT2D eigenvalue weighted by atomic mass is 10.1. The van der Waals surface area contributed by atoms with Crippen molar-refractivity contribution in [3.63, 3.8) is 0 Å². The first-order valence-electron chi connectivity index (χ1n) is 10.6. The quantitative estimate of drug-likeness (QED) is 0.311. The molecule has 0 bridgehead atoms. The van der Waals surface area contributed by atoms with E-state index in [1.165, 1.54) is 6.07 Å². The summed E-state index contributed by atoms with van der Waals surface area (Å²) in [7, 11) is 0. The molecule has 1 amide bonds. The molecule has 0 radical (unpaired) electrons. The highest BCUT2D eigenvalue weighted by atomic mass is 16.7. The van der Waals surface area contributed by atoms with Crippen molar-refractivity contribution >= 4 is 22.7 Å². The van der Waals surface area contributed by atoms with Gasteiger partial charge in [0.05, 0.1) is 5.56 Å². The summed E-state index contributed by atoms with van der Waals surface area (Å²) in [5, 5.41) is 13.3. The maximum atomic E-state index is 13.0. The zero-order chi connectivity index (χ0) is 23.3. The normalized spacial score (nSPS) is 10.9. The van der Waals surface area contributed by atoms with Crippen molar-refractivity contribution in [2.75, 3.05) is 5.32 Å². The fourth-order valence-corrected chi connectivity index (χ4v) is 3.36. The molecule has 0 spiro atoms. The van der Waals surface area contributed by atoms with Gasteiger partial charge in [-0.05, 0) is 48.5 Å². The van der Waals surface area contributed by atoms with Crippen LogP contribution >= 0.6 is 0 Å². The number of ether oxygens (including phenoxy) is 2. The molecule has 1 heterocycles. The Labute approximate surface area is 195 Å². The van der Waals surface area contributed by atoms with E-state index in [2.05, 4.69) is 10.3 Å². The van der Waals surface area contributed by atoms with Gasteiger partial charge < -0.3 is 24.3 Å². The van der Waals surface area contributed by atoms with Crippen LogP contribution in [0.25, 0.3) is 22.6 Å². The number of hydrogen-bond acceptors (Lipinski definition) is 6. The summed E-state index contributed by atoms with van der Waals surface area (Å²) < 4.78 is 17.3. The lowest BCUT2D eigenvalue weighted by molar-refractivity contribution is -0.134. The highest BCUT2D eigenvalue weighted by Gasteiger charge is 2.23. The molecule has 0 saturated heterocycles. The Hall–Kier alpha value is -4.78. The number of para-hydroxylation sites is 4. The van der Waals surface area contributed by atoms with Gasteiger partial charge >= 0.3 is 12.2 Å². The van der Waals surface area contributed by atoms with Crippen molar-refractivity contribution in [2.24, 2.45) is 0 Å². The second-order valence-electron chi connectivity index (χ2n) is 7.40. The molecule has 2 N–H and O–H groups in total. The molecule has 0 aliphatic carbocycles. The Bertz CT molecular complexity index is 1340. The van der Waals surface area contributed by atoms with Crippen LogP contribution < -0.4 is 14.8 Å². The van der Waals surface area contributed by atoms with Crippen LogP contribution in [0, 0.1) is 0 Å². The minimum Gasteiger partial charge on any atom is -0.507 e. The van der Waals surface area contributed by atoms with Crippen molar-refractivity contribution in [2.45, 2.75) is 6.29 Å². The number of aromatic hydroxyl groups is 1. The van der Waals surface area contributed by atoms with Gasteiger partial charge in [0, 0.05) is 11.8 Å². The minimum absolute atomic E-state index is 0.0890. The molecule has 0 atom stereocenters. The first-order valence-corrected chi connectivity index (χ1v) is 10.6. The van der Waals surface area contributed by atoms with Gasteiger partial charge in [0.2, 0.25) is 5.89 Å². The van der Waals surface area contributed by atoms with Crippen LogP contribution in [0.1, 0.15) is 0 Å². The van der Waals surface area contributed by atoms with E-state index >= 15 is 0 Å². The maximum Gasteiger partial charge on any atom is 0.321 e. The smallest absolute Gasteiger partial charge is 0.321 e. The Morgan fingerprint density at radius 1 is 0.824 bits per heavy atom. The highest BCUT2D eigenvalue weighted by molar-refractivity contribution is 5.94. The summed E-state index contributed by atoms with van der Waals surface area (Å²) in [5.41, 5.74) is 2.08. The molecule has 0 aliphatic heterocycles. The lowest BCUT2D eigenvalue weighted by Gasteiger charge is -2.20. The van der Waals surface area contributed by atoms with Gasteiger partial charge in [-0.1, -0.05) is 48.5 Å². The molecule has 7 heteroatoms. The third-order valence-electron chi connectivity index (χ3n) is 4.98. The van der Waals surface area contributed by atoms with E-state index in [0.29, 0.717) is 33.8 Å². The predicted octanol–water partition coefficient (Wildman–Crippen LogP) is 5.62. The zero-order valence-corrected chi connectivity index (χ0v) is 17.9. The lowest BCUT2D eigenvalue weighted by Crippen LogP contribution is -2.38. The Kier molecular flexibility index (Phi) is 5.82. The molecule has 0 saturated carbocycles. The van der Waals surface area contributed by atoms with Gasteiger partial charge in [0.15, 0.2) is 5.58 Å². The van der Waals surface area contributed by atoms with Crippen LogP contribution in [0.15, 0.2) is 108 Å². The molecule has 7 nitrogen and oxygen atoms in total. The molecule has 5 rings (SSSR count). The largest absolute Gasteiger partial charge is 0.507 e. The third kappa shape index (κ3) is 4.68. The Morgan fingerprint density at radius 3 is 2.06 bits per heavy atom. The number of oxazole rings is 1. The molecule has 4 aromatic carbocycles. The summed E-state index contributed by atoms with van der Waals surface area (Å²) in [6.07, 6.45) is -1.26. The summed E-state index contributed by atoms with van der Waals surface area (Å²) in [5.74, 6) is 0.616. The number of amides is 1. The number of aromatic nitrogens is 1. The number of carbonyl (C=O) groups is 1. The first kappa shape index (κ1) is 21.1. The fraction of sp³-hybridized carbons (Fsp3) is 0.0370. The van der Waals surface area contributed by atoms with Gasteiger partial charge in [-0.2, -0.15) is 0 Å². The number of carbonyl (C=O) groups excluding carboxylic acids is 1. The molecule has 0 unspecified atom stereocenters. The SMILES string of the molecule is O=C(Nc1ccc(-c2nc3ccccc3o2)c(O)c1)C(Oc1ccccc1)Oc1ccccc1. The van der Waals surface area contributed by atoms with E-state index in [0.717, 1.165) is 0 Å². The topological polar surface area (TPSA) is 93.8 Å². The second-order valence-corrected chi connectivity index (χ2v) is 7.40. The van der Waals surface area contributed by atoms with Crippen molar-refractivity contribution in [1.82, 2.24) is 4.98 Å². The Balaban J connectivity index is 1.36. The number of fused-ring (bicyclic) bond motifs is 1. The summed E-state index contributed by atoms with van der Waals surface area (Å²) in [6, 6.07) is 29.9. The summed E-state index contributed by atoms with van der Waals surface area (Å²) in [4.78, 5) is 17.4. The van der Waals surface area contributed by atoms with Crippen molar-refractivity contribution in [3.8, 4) is 28.7 Å². The molecule has 0 fully saturated rings. The van der Waals surface area contributed by atoms with Gasteiger partial charge in [0.1, 0.15) is 22.8 Å². The van der Waals surface area contributed by atoms with E-state index < -0.39 is 12.2 Å². The van der Waals surface area contributed by atoms with Gasteiger partial charge in [-0.15, -0.1) is 0 Å². The highest BCUT2D eigenvalue weighted by Crippen LogP contribution is 2.33. The van der Waals surface area contributed by atoms with Crippen LogP contribution in [0.3, 0.4) is 0 Å². The molecule has 34 heavy (non-hydrogen) atoms. The maximum absolute atomic E-state index is 13.0. The van der Waals surface area contributed by atoms with Gasteiger partial charge in [-0.3, -0.25) is 4.79 Å². The van der Waals surface area contributed by atoms with Gasteiger partial charge in [-0.25, -0.2) is 4.98 Å². The zero-order valence-electron chi connectivity index (χ0n) is 17.9. The molecular weight excluding hydrogens is 432 g/mol. The van der Waals surface area contributed by atoms with Crippen LogP contribution in [0.4, 0.5) is 5.69 Å². The van der Waals surface area contributed by atoms with E-state index in [1.54, 1.807) is 66.7 Å². The van der Waals surface area contributed by atoms with Gasteiger partial charge in [0.25, 0.3) is 0 Å². The number of anilines is 1. The van der Waals surface area contributed by atoms with E-state index in [4.69, 9.17) is 13.9 Å². The number of rotatable bonds is 7. The molecule has 0 aliphatic rings. The number of nitrogens with one attached hydrogen (secondary N) is 1. The van der Waals surface area contributed by atoms with Crippen LogP contribution in [0.5, 0.6) is 17.2 Å². The van der Waals surface area contributed by atoms with Crippen LogP contribution in [-0.4, -0.2) is 22.3 Å². The monoisotopic (exact) mass is 452 g/mol. The number of phenols is 1. The second kappa shape index (κ2) is 9.38. The van der Waals surface area contributed by atoms with Crippen molar-refractivity contribution in [3.05, 3.63) is 103 Å². The summed E-state index contributed by atoms with van der Waals surface area (Å²) >= 11 is 0. The molecule has 1 aromatic heterocycles. The number of hydrogen-bond donors (Lipinski definition) is 2. The fourth-order valence-electron chi connectivity index (χ4n) is 3.36. The molecule has 168 valence electrons. The molecular formula is C27H20N2O5. The predicted molar refractivity (Wildman–Crippen MR) is 128 cm³/mol. The van der Waals surface area contributed by atoms with E-state index in [1.807, 2.05) is 30.3 Å². The van der Waals surface area contributed by atoms with E-state index in [9.17, 15) is 9.90 Å².